The zero-order valence-corrected chi connectivity index (χ0v) is 9.67. The minimum absolute atomic E-state index is 0.129. The molecule has 0 amide bonds. The summed E-state index contributed by atoms with van der Waals surface area (Å²) in [6.07, 6.45) is 2.54. The molecule has 0 saturated heterocycles. The van der Waals surface area contributed by atoms with E-state index in [0.717, 1.165) is 17.7 Å². The molecule has 0 saturated carbocycles. The quantitative estimate of drug-likeness (QED) is 0.885. The van der Waals surface area contributed by atoms with Gasteiger partial charge in [-0.05, 0) is 31.2 Å². The van der Waals surface area contributed by atoms with Gasteiger partial charge in [0.1, 0.15) is 5.82 Å². The van der Waals surface area contributed by atoms with E-state index in [1.807, 2.05) is 7.05 Å². The topological polar surface area (TPSA) is 37.8 Å². The second-order valence-electron chi connectivity index (χ2n) is 3.50. The molecule has 0 aliphatic carbocycles. The van der Waals surface area contributed by atoms with Crippen molar-refractivity contribution >= 4 is 11.7 Å². The van der Waals surface area contributed by atoms with Gasteiger partial charge in [-0.1, -0.05) is 12.1 Å². The number of benzene rings is 1. The summed E-state index contributed by atoms with van der Waals surface area (Å²) < 4.78 is 20.9. The zero-order chi connectivity index (χ0) is 11.4. The molecule has 0 spiro atoms. The molecular formula is C11H12FN3S. The van der Waals surface area contributed by atoms with Crippen LogP contribution in [0.4, 0.5) is 4.39 Å². The van der Waals surface area contributed by atoms with Crippen molar-refractivity contribution in [1.29, 1.82) is 0 Å². The Morgan fingerprint density at radius 2 is 2.12 bits per heavy atom. The Hall–Kier alpha value is -1.33. The third-order valence-electron chi connectivity index (χ3n) is 2.44. The summed E-state index contributed by atoms with van der Waals surface area (Å²) in [5.41, 5.74) is 2.01. The van der Waals surface area contributed by atoms with E-state index in [0.29, 0.717) is 0 Å². The van der Waals surface area contributed by atoms with Crippen molar-refractivity contribution in [3.05, 3.63) is 47.5 Å². The smallest absolute Gasteiger partial charge is 0.123 e. The Kier molecular flexibility index (Phi) is 3.58. The number of nitrogens with zero attached hydrogens (tertiary/aromatic N) is 2. The van der Waals surface area contributed by atoms with E-state index in [2.05, 4.69) is 14.1 Å². The fourth-order valence-electron chi connectivity index (χ4n) is 1.54. The molecule has 1 atom stereocenters. The Labute approximate surface area is 97.7 Å². The zero-order valence-electron chi connectivity index (χ0n) is 8.85. The van der Waals surface area contributed by atoms with E-state index >= 15 is 0 Å². The molecular weight excluding hydrogens is 225 g/mol. The summed E-state index contributed by atoms with van der Waals surface area (Å²) >= 11 is 1.20. The molecule has 0 bridgehead atoms. The number of aromatic nitrogens is 2. The average Bonchev–Trinajstić information content (AvgIpc) is 2.82. The van der Waals surface area contributed by atoms with Crippen molar-refractivity contribution in [3.8, 4) is 0 Å². The van der Waals surface area contributed by atoms with Gasteiger partial charge in [0, 0.05) is 0 Å². The fourth-order valence-corrected chi connectivity index (χ4v) is 2.01. The summed E-state index contributed by atoms with van der Waals surface area (Å²) in [5.74, 6) is -0.208. The number of likely N-dealkylation sites (N-methyl/N-ethyl adjacent to an activating group) is 1. The molecule has 0 aliphatic rings. The van der Waals surface area contributed by atoms with Gasteiger partial charge in [-0.25, -0.2) is 4.39 Å². The summed E-state index contributed by atoms with van der Waals surface area (Å²) in [7, 11) is 1.88. The molecule has 2 aromatic rings. The molecule has 0 radical (unpaired) electrons. The third-order valence-corrected chi connectivity index (χ3v) is 2.93. The molecule has 1 N–H and O–H groups in total. The van der Waals surface area contributed by atoms with Crippen molar-refractivity contribution in [2.24, 2.45) is 0 Å². The third kappa shape index (κ3) is 2.62. The Morgan fingerprint density at radius 3 is 2.69 bits per heavy atom. The largest absolute Gasteiger partial charge is 0.311 e. The van der Waals surface area contributed by atoms with Crippen LogP contribution in [0.1, 0.15) is 17.3 Å². The van der Waals surface area contributed by atoms with E-state index < -0.39 is 0 Å². The first-order valence-electron chi connectivity index (χ1n) is 4.99. The molecule has 2 rings (SSSR count). The van der Waals surface area contributed by atoms with Crippen LogP contribution in [-0.4, -0.2) is 15.8 Å². The van der Waals surface area contributed by atoms with Gasteiger partial charge in [-0.2, -0.15) is 8.75 Å². The van der Waals surface area contributed by atoms with Crippen molar-refractivity contribution in [2.75, 3.05) is 7.05 Å². The molecule has 5 heteroatoms. The summed E-state index contributed by atoms with van der Waals surface area (Å²) in [6.45, 7) is 0. The highest BCUT2D eigenvalue weighted by molar-refractivity contribution is 6.99. The van der Waals surface area contributed by atoms with Crippen LogP contribution in [-0.2, 0) is 6.42 Å². The standard InChI is InChI=1S/C11H12FN3S/c1-13-10(11-7-14-16-15-11)6-8-2-4-9(12)5-3-8/h2-5,7,10,13H,6H2,1H3. The van der Waals surface area contributed by atoms with Gasteiger partial charge >= 0.3 is 0 Å². The fraction of sp³-hybridized carbons (Fsp3) is 0.273. The van der Waals surface area contributed by atoms with E-state index in [1.54, 1.807) is 18.3 Å². The van der Waals surface area contributed by atoms with Crippen LogP contribution < -0.4 is 5.32 Å². The van der Waals surface area contributed by atoms with Crippen molar-refractivity contribution in [2.45, 2.75) is 12.5 Å². The lowest BCUT2D eigenvalue weighted by molar-refractivity contribution is 0.578. The Morgan fingerprint density at radius 1 is 1.38 bits per heavy atom. The number of hydrogen-bond donors (Lipinski definition) is 1. The number of halogens is 1. The molecule has 0 aliphatic heterocycles. The first kappa shape index (κ1) is 11.2. The second-order valence-corrected chi connectivity index (χ2v) is 4.06. The average molecular weight is 237 g/mol. The van der Waals surface area contributed by atoms with Crippen LogP contribution in [0.2, 0.25) is 0 Å². The van der Waals surface area contributed by atoms with Gasteiger partial charge < -0.3 is 5.32 Å². The number of rotatable bonds is 4. The van der Waals surface area contributed by atoms with Gasteiger partial charge in [0.15, 0.2) is 0 Å². The molecule has 16 heavy (non-hydrogen) atoms. The lowest BCUT2D eigenvalue weighted by Crippen LogP contribution is -2.19. The highest BCUT2D eigenvalue weighted by atomic mass is 32.1. The highest BCUT2D eigenvalue weighted by Crippen LogP contribution is 2.16. The van der Waals surface area contributed by atoms with Gasteiger partial charge in [0.05, 0.1) is 29.7 Å². The van der Waals surface area contributed by atoms with E-state index in [-0.39, 0.29) is 11.9 Å². The van der Waals surface area contributed by atoms with Gasteiger partial charge in [0.2, 0.25) is 0 Å². The summed E-state index contributed by atoms with van der Waals surface area (Å²) in [4.78, 5) is 0. The maximum atomic E-state index is 12.7. The number of hydrogen-bond acceptors (Lipinski definition) is 4. The molecule has 1 aromatic carbocycles. The van der Waals surface area contributed by atoms with Crippen LogP contribution >= 0.6 is 11.7 Å². The van der Waals surface area contributed by atoms with Gasteiger partial charge in [-0.15, -0.1) is 0 Å². The predicted octanol–water partition coefficient (Wildman–Crippen LogP) is 2.18. The van der Waals surface area contributed by atoms with Gasteiger partial charge in [0.25, 0.3) is 0 Å². The highest BCUT2D eigenvalue weighted by Gasteiger charge is 2.12. The normalized spacial score (nSPS) is 12.6. The van der Waals surface area contributed by atoms with Crippen molar-refractivity contribution < 1.29 is 4.39 Å². The van der Waals surface area contributed by atoms with Crippen LogP contribution in [0.3, 0.4) is 0 Å². The maximum absolute atomic E-state index is 12.7. The Bertz CT molecular complexity index is 427. The molecule has 0 fully saturated rings. The van der Waals surface area contributed by atoms with E-state index in [4.69, 9.17) is 0 Å². The number of nitrogens with one attached hydrogen (secondary N) is 1. The monoisotopic (exact) mass is 237 g/mol. The minimum Gasteiger partial charge on any atom is -0.311 e. The molecule has 84 valence electrons. The first-order chi connectivity index (χ1) is 7.79. The van der Waals surface area contributed by atoms with Crippen LogP contribution in [0.5, 0.6) is 0 Å². The maximum Gasteiger partial charge on any atom is 0.123 e. The van der Waals surface area contributed by atoms with Crippen molar-refractivity contribution in [1.82, 2.24) is 14.1 Å². The summed E-state index contributed by atoms with van der Waals surface area (Å²) in [6, 6.07) is 6.66. The summed E-state index contributed by atoms with van der Waals surface area (Å²) in [5, 5.41) is 3.18. The lowest BCUT2D eigenvalue weighted by atomic mass is 10.0. The predicted molar refractivity (Wildman–Crippen MR) is 61.8 cm³/mol. The lowest BCUT2D eigenvalue weighted by Gasteiger charge is -2.12. The van der Waals surface area contributed by atoms with Crippen LogP contribution in [0.15, 0.2) is 30.5 Å². The van der Waals surface area contributed by atoms with Crippen LogP contribution in [0.25, 0.3) is 0 Å². The van der Waals surface area contributed by atoms with Gasteiger partial charge in [-0.3, -0.25) is 0 Å². The molecule has 3 nitrogen and oxygen atoms in total. The SMILES string of the molecule is CNC(Cc1ccc(F)cc1)c1cnsn1. The molecule has 1 aromatic heterocycles. The van der Waals surface area contributed by atoms with Crippen LogP contribution in [0, 0.1) is 5.82 Å². The second kappa shape index (κ2) is 5.14. The molecule has 1 unspecified atom stereocenters. The molecule has 1 heterocycles. The minimum atomic E-state index is -0.208. The van der Waals surface area contributed by atoms with E-state index in [9.17, 15) is 4.39 Å². The Balaban J connectivity index is 2.10. The van der Waals surface area contributed by atoms with E-state index in [1.165, 1.54) is 23.9 Å². The first-order valence-corrected chi connectivity index (χ1v) is 5.72. The van der Waals surface area contributed by atoms with Crippen molar-refractivity contribution in [3.63, 3.8) is 0 Å².